The van der Waals surface area contributed by atoms with Crippen LogP contribution < -0.4 is 5.32 Å². The molecule has 18 heavy (non-hydrogen) atoms. The van der Waals surface area contributed by atoms with Gasteiger partial charge in [-0.25, -0.2) is 0 Å². The van der Waals surface area contributed by atoms with Crippen molar-refractivity contribution < 1.29 is 0 Å². The summed E-state index contributed by atoms with van der Waals surface area (Å²) in [6.45, 7) is 12.2. The van der Waals surface area contributed by atoms with E-state index in [1.54, 1.807) is 0 Å². The summed E-state index contributed by atoms with van der Waals surface area (Å²) in [7, 11) is 0. The maximum atomic E-state index is 3.50. The van der Waals surface area contributed by atoms with E-state index in [-0.39, 0.29) is 0 Å². The van der Waals surface area contributed by atoms with Crippen molar-refractivity contribution in [3.05, 3.63) is 0 Å². The van der Waals surface area contributed by atoms with Crippen LogP contribution in [0.15, 0.2) is 0 Å². The molecular weight excluding hydrogens is 222 g/mol. The lowest BCUT2D eigenvalue weighted by atomic mass is 10.1. The molecular formula is C15H31N3. The van der Waals surface area contributed by atoms with Crippen LogP contribution in [0.25, 0.3) is 0 Å². The monoisotopic (exact) mass is 253 g/mol. The zero-order valence-corrected chi connectivity index (χ0v) is 12.3. The summed E-state index contributed by atoms with van der Waals surface area (Å²) in [5, 5.41) is 3.50. The zero-order valence-electron chi connectivity index (χ0n) is 12.3. The predicted molar refractivity (Wildman–Crippen MR) is 78.0 cm³/mol. The molecule has 3 heteroatoms. The van der Waals surface area contributed by atoms with Gasteiger partial charge in [0, 0.05) is 38.3 Å². The molecule has 0 spiro atoms. The third-order valence-electron chi connectivity index (χ3n) is 4.44. The first kappa shape index (κ1) is 14.3. The van der Waals surface area contributed by atoms with Crippen molar-refractivity contribution in [2.24, 2.45) is 0 Å². The molecule has 1 aliphatic heterocycles. The van der Waals surface area contributed by atoms with Crippen molar-refractivity contribution in [2.75, 3.05) is 39.3 Å². The number of nitrogens with zero attached hydrogens (tertiary/aromatic N) is 2. The Morgan fingerprint density at radius 1 is 1.11 bits per heavy atom. The Bertz CT molecular complexity index is 220. The van der Waals surface area contributed by atoms with Crippen LogP contribution in [0.2, 0.25) is 0 Å². The molecule has 0 amide bonds. The summed E-state index contributed by atoms with van der Waals surface area (Å²) < 4.78 is 0. The molecule has 0 aromatic carbocycles. The third-order valence-corrected chi connectivity index (χ3v) is 4.44. The largest absolute Gasteiger partial charge is 0.317 e. The maximum Gasteiger partial charge on any atom is 0.0113 e. The standard InChI is InChI=1S/C15H31N3/c1-3-8-16-9-4-5-14(2)17-10-12-18(13-11-17)15-6-7-15/h14-16H,3-13H2,1-2H3. The van der Waals surface area contributed by atoms with Gasteiger partial charge in [-0.3, -0.25) is 9.80 Å². The fourth-order valence-electron chi connectivity index (χ4n) is 2.99. The smallest absolute Gasteiger partial charge is 0.0113 e. The molecule has 1 saturated carbocycles. The molecule has 1 atom stereocenters. The van der Waals surface area contributed by atoms with Gasteiger partial charge < -0.3 is 5.32 Å². The van der Waals surface area contributed by atoms with Crippen LogP contribution in [0.3, 0.4) is 0 Å². The van der Waals surface area contributed by atoms with Gasteiger partial charge in [0.25, 0.3) is 0 Å². The lowest BCUT2D eigenvalue weighted by Crippen LogP contribution is -2.50. The average Bonchev–Trinajstić information content (AvgIpc) is 3.23. The summed E-state index contributed by atoms with van der Waals surface area (Å²) in [6.07, 6.45) is 6.83. The van der Waals surface area contributed by atoms with Gasteiger partial charge in [0.1, 0.15) is 0 Å². The highest BCUT2D eigenvalue weighted by Crippen LogP contribution is 2.27. The van der Waals surface area contributed by atoms with Crippen molar-refractivity contribution in [3.63, 3.8) is 0 Å². The summed E-state index contributed by atoms with van der Waals surface area (Å²) in [5.74, 6) is 0. The molecule has 0 aromatic rings. The zero-order chi connectivity index (χ0) is 12.8. The van der Waals surface area contributed by atoms with Gasteiger partial charge in [0.15, 0.2) is 0 Å². The second kappa shape index (κ2) is 7.46. The molecule has 1 heterocycles. The van der Waals surface area contributed by atoms with Crippen molar-refractivity contribution in [1.82, 2.24) is 15.1 Å². The van der Waals surface area contributed by atoms with Gasteiger partial charge in [-0.1, -0.05) is 6.92 Å². The van der Waals surface area contributed by atoms with E-state index in [1.165, 1.54) is 71.4 Å². The molecule has 1 aliphatic carbocycles. The first-order valence-corrected chi connectivity index (χ1v) is 8.00. The van der Waals surface area contributed by atoms with Gasteiger partial charge in [-0.15, -0.1) is 0 Å². The van der Waals surface area contributed by atoms with E-state index in [1.807, 2.05) is 0 Å². The van der Waals surface area contributed by atoms with Gasteiger partial charge in [0.05, 0.1) is 0 Å². The van der Waals surface area contributed by atoms with Gasteiger partial charge in [-0.2, -0.15) is 0 Å². The molecule has 1 saturated heterocycles. The number of hydrogen-bond acceptors (Lipinski definition) is 3. The number of rotatable bonds is 8. The van der Waals surface area contributed by atoms with E-state index < -0.39 is 0 Å². The van der Waals surface area contributed by atoms with Gasteiger partial charge in [0.2, 0.25) is 0 Å². The Kier molecular flexibility index (Phi) is 5.93. The van der Waals surface area contributed by atoms with Crippen molar-refractivity contribution in [1.29, 1.82) is 0 Å². The predicted octanol–water partition coefficient (Wildman–Crippen LogP) is 1.93. The first-order valence-electron chi connectivity index (χ1n) is 8.00. The average molecular weight is 253 g/mol. The van der Waals surface area contributed by atoms with Crippen molar-refractivity contribution in [3.8, 4) is 0 Å². The Morgan fingerprint density at radius 2 is 1.83 bits per heavy atom. The topological polar surface area (TPSA) is 18.5 Å². The molecule has 0 radical (unpaired) electrons. The van der Waals surface area contributed by atoms with E-state index in [2.05, 4.69) is 29.0 Å². The molecule has 0 aromatic heterocycles. The minimum Gasteiger partial charge on any atom is -0.317 e. The molecule has 3 nitrogen and oxygen atoms in total. The third kappa shape index (κ3) is 4.52. The van der Waals surface area contributed by atoms with Crippen LogP contribution in [0.1, 0.15) is 46.0 Å². The van der Waals surface area contributed by atoms with Crippen LogP contribution in [0.5, 0.6) is 0 Å². The molecule has 1 N–H and O–H groups in total. The van der Waals surface area contributed by atoms with E-state index in [4.69, 9.17) is 0 Å². The van der Waals surface area contributed by atoms with Gasteiger partial charge >= 0.3 is 0 Å². The molecule has 2 rings (SSSR count). The maximum absolute atomic E-state index is 3.50. The van der Waals surface area contributed by atoms with Crippen LogP contribution >= 0.6 is 0 Å². The fourth-order valence-corrected chi connectivity index (χ4v) is 2.99. The highest BCUT2D eigenvalue weighted by atomic mass is 15.3. The Morgan fingerprint density at radius 3 is 2.44 bits per heavy atom. The Balaban J connectivity index is 1.54. The summed E-state index contributed by atoms with van der Waals surface area (Å²) in [4.78, 5) is 5.39. The van der Waals surface area contributed by atoms with Crippen molar-refractivity contribution >= 4 is 0 Å². The Hall–Kier alpha value is -0.120. The minimum atomic E-state index is 0.773. The van der Waals surface area contributed by atoms with Crippen LogP contribution in [0.4, 0.5) is 0 Å². The summed E-state index contributed by atoms with van der Waals surface area (Å²) >= 11 is 0. The molecule has 2 fully saturated rings. The number of hydrogen-bond donors (Lipinski definition) is 1. The minimum absolute atomic E-state index is 0.773. The first-order chi connectivity index (χ1) is 8.81. The fraction of sp³-hybridized carbons (Fsp3) is 1.00. The number of piperazine rings is 1. The quantitative estimate of drug-likeness (QED) is 0.667. The molecule has 2 aliphatic rings. The van der Waals surface area contributed by atoms with Crippen molar-refractivity contribution in [2.45, 2.75) is 58.0 Å². The number of nitrogens with one attached hydrogen (secondary N) is 1. The highest BCUT2D eigenvalue weighted by molar-refractivity contribution is 4.88. The van der Waals surface area contributed by atoms with Crippen LogP contribution in [-0.4, -0.2) is 61.2 Å². The second-order valence-electron chi connectivity index (χ2n) is 6.04. The Labute approximate surface area is 113 Å². The molecule has 1 unspecified atom stereocenters. The van der Waals surface area contributed by atoms with E-state index in [0.29, 0.717) is 0 Å². The SMILES string of the molecule is CCCNCCCC(C)N1CCN(C2CC2)CC1. The van der Waals surface area contributed by atoms with Crippen LogP contribution in [0, 0.1) is 0 Å². The molecule has 106 valence electrons. The molecule has 0 bridgehead atoms. The lowest BCUT2D eigenvalue weighted by molar-refractivity contribution is 0.0934. The summed E-state index contributed by atoms with van der Waals surface area (Å²) in [6, 6.07) is 1.73. The van der Waals surface area contributed by atoms with E-state index in [0.717, 1.165) is 12.1 Å². The summed E-state index contributed by atoms with van der Waals surface area (Å²) in [5.41, 5.74) is 0. The normalized spacial score (nSPS) is 24.3. The van der Waals surface area contributed by atoms with Gasteiger partial charge in [-0.05, 0) is 52.1 Å². The lowest BCUT2D eigenvalue weighted by Gasteiger charge is -2.38. The van der Waals surface area contributed by atoms with Crippen LogP contribution in [-0.2, 0) is 0 Å². The van der Waals surface area contributed by atoms with E-state index >= 15 is 0 Å². The second-order valence-corrected chi connectivity index (χ2v) is 6.04. The van der Waals surface area contributed by atoms with E-state index in [9.17, 15) is 0 Å². The highest BCUT2D eigenvalue weighted by Gasteiger charge is 2.31.